The molecule has 0 bridgehead atoms. The SMILES string of the molecule is CC1CCCN(C(=O)c2nc(C(=O)NC3CCCCC3)n3ccccc23)C1. The highest BCUT2D eigenvalue weighted by atomic mass is 16.2. The molecule has 6 nitrogen and oxygen atoms in total. The third-order valence-electron chi connectivity index (χ3n) is 5.84. The number of nitrogens with one attached hydrogen (secondary N) is 1. The van der Waals surface area contributed by atoms with Crippen molar-refractivity contribution in [2.75, 3.05) is 13.1 Å². The molecule has 1 atom stereocenters. The van der Waals surface area contributed by atoms with Gasteiger partial charge in [0.05, 0.1) is 5.52 Å². The number of amides is 2. The van der Waals surface area contributed by atoms with Gasteiger partial charge in [-0.05, 0) is 43.7 Å². The molecule has 1 aliphatic heterocycles. The van der Waals surface area contributed by atoms with Crippen LogP contribution in [0.1, 0.15) is 73.0 Å². The fourth-order valence-electron chi connectivity index (χ4n) is 4.38. The van der Waals surface area contributed by atoms with Gasteiger partial charge in [0.15, 0.2) is 5.69 Å². The first kappa shape index (κ1) is 18.0. The van der Waals surface area contributed by atoms with E-state index in [1.165, 1.54) is 6.42 Å². The van der Waals surface area contributed by atoms with Crippen molar-refractivity contribution >= 4 is 17.3 Å². The quantitative estimate of drug-likeness (QED) is 0.904. The van der Waals surface area contributed by atoms with E-state index >= 15 is 0 Å². The third-order valence-corrected chi connectivity index (χ3v) is 5.84. The van der Waals surface area contributed by atoms with Crippen LogP contribution in [0.2, 0.25) is 0 Å². The summed E-state index contributed by atoms with van der Waals surface area (Å²) in [5.74, 6) is 0.561. The smallest absolute Gasteiger partial charge is 0.287 e. The van der Waals surface area contributed by atoms with Crippen molar-refractivity contribution in [1.82, 2.24) is 19.6 Å². The highest BCUT2D eigenvalue weighted by Gasteiger charge is 2.28. The van der Waals surface area contributed by atoms with Crippen LogP contribution in [0.3, 0.4) is 0 Å². The van der Waals surface area contributed by atoms with Gasteiger partial charge < -0.3 is 10.2 Å². The molecule has 3 heterocycles. The monoisotopic (exact) mass is 368 g/mol. The molecule has 0 aromatic carbocycles. The van der Waals surface area contributed by atoms with Crippen LogP contribution >= 0.6 is 0 Å². The Balaban J connectivity index is 1.62. The molecule has 2 amide bonds. The number of carbonyl (C=O) groups is 2. The number of hydrogen-bond acceptors (Lipinski definition) is 3. The van der Waals surface area contributed by atoms with Gasteiger partial charge in [0.2, 0.25) is 5.82 Å². The lowest BCUT2D eigenvalue weighted by molar-refractivity contribution is 0.0679. The topological polar surface area (TPSA) is 66.7 Å². The number of pyridine rings is 1. The standard InChI is InChI=1S/C21H28N4O2/c1-15-8-7-12-24(14-15)21(27)18-17-11-5-6-13-25(17)19(23-18)20(26)22-16-9-3-2-4-10-16/h5-6,11,13,15-16H,2-4,7-10,12,14H2,1H3,(H,22,26). The molecule has 2 fully saturated rings. The molecule has 2 aliphatic rings. The number of rotatable bonds is 3. The van der Waals surface area contributed by atoms with Crippen LogP contribution in [-0.4, -0.2) is 45.2 Å². The summed E-state index contributed by atoms with van der Waals surface area (Å²) < 4.78 is 1.75. The van der Waals surface area contributed by atoms with E-state index < -0.39 is 0 Å². The van der Waals surface area contributed by atoms with Crippen LogP contribution in [0.15, 0.2) is 24.4 Å². The third kappa shape index (κ3) is 3.70. The number of piperidine rings is 1. The Morgan fingerprint density at radius 1 is 1.11 bits per heavy atom. The average molecular weight is 368 g/mol. The zero-order chi connectivity index (χ0) is 18.8. The van der Waals surface area contributed by atoms with Crippen LogP contribution in [0.5, 0.6) is 0 Å². The zero-order valence-corrected chi connectivity index (χ0v) is 16.0. The van der Waals surface area contributed by atoms with E-state index in [4.69, 9.17) is 0 Å². The van der Waals surface area contributed by atoms with Crippen molar-refractivity contribution < 1.29 is 9.59 Å². The zero-order valence-electron chi connectivity index (χ0n) is 16.0. The van der Waals surface area contributed by atoms with E-state index in [9.17, 15) is 9.59 Å². The Hall–Kier alpha value is -2.37. The van der Waals surface area contributed by atoms with Crippen LogP contribution in [0.4, 0.5) is 0 Å². The van der Waals surface area contributed by atoms with Gasteiger partial charge in [-0.15, -0.1) is 0 Å². The number of nitrogens with zero attached hydrogens (tertiary/aromatic N) is 3. The number of imidazole rings is 1. The molecular formula is C21H28N4O2. The van der Waals surface area contributed by atoms with E-state index in [1.807, 2.05) is 29.3 Å². The Morgan fingerprint density at radius 2 is 1.93 bits per heavy atom. The van der Waals surface area contributed by atoms with Crippen molar-refractivity contribution in [2.24, 2.45) is 5.92 Å². The van der Waals surface area contributed by atoms with Gasteiger partial charge in [-0.2, -0.15) is 0 Å². The minimum absolute atomic E-state index is 0.0676. The Kier molecular flexibility index (Phi) is 5.14. The summed E-state index contributed by atoms with van der Waals surface area (Å²) in [5.41, 5.74) is 1.09. The summed E-state index contributed by atoms with van der Waals surface area (Å²) in [4.78, 5) is 32.4. The van der Waals surface area contributed by atoms with Gasteiger partial charge in [-0.3, -0.25) is 14.0 Å². The Morgan fingerprint density at radius 3 is 2.70 bits per heavy atom. The summed E-state index contributed by atoms with van der Waals surface area (Å²) in [6, 6.07) is 5.83. The molecule has 27 heavy (non-hydrogen) atoms. The van der Waals surface area contributed by atoms with E-state index in [0.29, 0.717) is 23.0 Å². The molecule has 2 aromatic rings. The average Bonchev–Trinajstić information content (AvgIpc) is 3.08. The summed E-state index contributed by atoms with van der Waals surface area (Å²) in [5, 5.41) is 3.12. The molecule has 0 radical (unpaired) electrons. The second kappa shape index (κ2) is 7.71. The highest BCUT2D eigenvalue weighted by Crippen LogP contribution is 2.22. The van der Waals surface area contributed by atoms with E-state index in [-0.39, 0.29) is 17.9 Å². The first-order valence-electron chi connectivity index (χ1n) is 10.2. The molecule has 6 heteroatoms. The number of hydrogen-bond donors (Lipinski definition) is 1. The van der Waals surface area contributed by atoms with E-state index in [1.54, 1.807) is 4.40 Å². The number of aromatic nitrogens is 2. The maximum absolute atomic E-state index is 13.1. The van der Waals surface area contributed by atoms with Crippen molar-refractivity contribution in [3.63, 3.8) is 0 Å². The predicted octanol–water partition coefficient (Wildman–Crippen LogP) is 3.27. The van der Waals surface area contributed by atoms with Crippen molar-refractivity contribution in [2.45, 2.75) is 57.9 Å². The first-order valence-corrected chi connectivity index (χ1v) is 10.2. The summed E-state index contributed by atoms with van der Waals surface area (Å²) in [7, 11) is 0. The molecule has 1 saturated heterocycles. The van der Waals surface area contributed by atoms with Gasteiger partial charge in [0.1, 0.15) is 0 Å². The maximum Gasteiger partial charge on any atom is 0.287 e. The van der Waals surface area contributed by atoms with Crippen molar-refractivity contribution in [3.8, 4) is 0 Å². The number of fused-ring (bicyclic) bond motifs is 1. The lowest BCUT2D eigenvalue weighted by Gasteiger charge is -2.30. The highest BCUT2D eigenvalue weighted by molar-refractivity contribution is 6.02. The van der Waals surface area contributed by atoms with E-state index in [2.05, 4.69) is 17.2 Å². The Bertz CT molecular complexity index is 838. The molecular weight excluding hydrogens is 340 g/mol. The van der Waals surface area contributed by atoms with Crippen molar-refractivity contribution in [1.29, 1.82) is 0 Å². The maximum atomic E-state index is 13.1. The normalized spacial score (nSPS) is 21.4. The first-order chi connectivity index (χ1) is 13.1. The molecule has 4 rings (SSSR count). The van der Waals surface area contributed by atoms with Crippen LogP contribution in [0, 0.1) is 5.92 Å². The fraction of sp³-hybridized carbons (Fsp3) is 0.571. The summed E-state index contributed by atoms with van der Waals surface area (Å²) >= 11 is 0. The summed E-state index contributed by atoms with van der Waals surface area (Å²) in [6.45, 7) is 3.70. The predicted molar refractivity (Wildman–Crippen MR) is 104 cm³/mol. The lowest BCUT2D eigenvalue weighted by Crippen LogP contribution is -2.39. The summed E-state index contributed by atoms with van der Waals surface area (Å²) in [6.07, 6.45) is 9.59. The van der Waals surface area contributed by atoms with Gasteiger partial charge in [-0.25, -0.2) is 4.98 Å². The van der Waals surface area contributed by atoms with Gasteiger partial charge >= 0.3 is 0 Å². The molecule has 1 saturated carbocycles. The lowest BCUT2D eigenvalue weighted by atomic mass is 9.95. The second-order valence-electron chi connectivity index (χ2n) is 8.05. The molecule has 1 unspecified atom stereocenters. The van der Waals surface area contributed by atoms with Gasteiger partial charge in [0.25, 0.3) is 11.8 Å². The largest absolute Gasteiger partial charge is 0.347 e. The minimum atomic E-state index is -0.186. The Labute approximate surface area is 159 Å². The molecule has 2 aromatic heterocycles. The van der Waals surface area contributed by atoms with Crippen LogP contribution in [-0.2, 0) is 0 Å². The number of carbonyl (C=O) groups excluding carboxylic acids is 2. The van der Waals surface area contributed by atoms with Crippen LogP contribution < -0.4 is 5.32 Å². The molecule has 144 valence electrons. The molecule has 0 spiro atoms. The molecule has 1 aliphatic carbocycles. The minimum Gasteiger partial charge on any atom is -0.347 e. The van der Waals surface area contributed by atoms with Gasteiger partial charge in [-0.1, -0.05) is 32.3 Å². The van der Waals surface area contributed by atoms with E-state index in [0.717, 1.165) is 51.6 Å². The second-order valence-corrected chi connectivity index (χ2v) is 8.05. The number of likely N-dealkylation sites (tertiary alicyclic amines) is 1. The van der Waals surface area contributed by atoms with Crippen molar-refractivity contribution in [3.05, 3.63) is 35.9 Å². The fourth-order valence-corrected chi connectivity index (χ4v) is 4.38. The molecule has 1 N–H and O–H groups in total. The van der Waals surface area contributed by atoms with Crippen LogP contribution in [0.25, 0.3) is 5.52 Å². The van der Waals surface area contributed by atoms with Gasteiger partial charge in [0, 0.05) is 25.3 Å².